The van der Waals surface area contributed by atoms with Gasteiger partial charge in [-0.2, -0.15) is 0 Å². The summed E-state index contributed by atoms with van der Waals surface area (Å²) >= 11 is 2.81. The van der Waals surface area contributed by atoms with Crippen molar-refractivity contribution < 1.29 is 9.90 Å². The highest BCUT2D eigenvalue weighted by atomic mass is 32.2. The van der Waals surface area contributed by atoms with Crippen LogP contribution in [0.25, 0.3) is 0 Å². The number of thiazole rings is 1. The van der Waals surface area contributed by atoms with E-state index in [1.807, 2.05) is 6.92 Å². The third-order valence-electron chi connectivity index (χ3n) is 1.93. The van der Waals surface area contributed by atoms with Crippen molar-refractivity contribution in [1.29, 1.82) is 0 Å². The molecule has 0 radical (unpaired) electrons. The first-order chi connectivity index (χ1) is 8.15. The Bertz CT molecular complexity index is 528. The molecule has 0 aliphatic heterocycles. The lowest BCUT2D eigenvalue weighted by Gasteiger charge is -1.93. The molecule has 2 aromatic rings. The molecule has 0 aliphatic carbocycles. The van der Waals surface area contributed by atoms with E-state index < -0.39 is 5.97 Å². The number of rotatable bonds is 4. The molecule has 2 aromatic heterocycles. The summed E-state index contributed by atoms with van der Waals surface area (Å²) in [6.07, 6.45) is 3.16. The van der Waals surface area contributed by atoms with Gasteiger partial charge in [0.2, 0.25) is 0 Å². The van der Waals surface area contributed by atoms with Crippen LogP contribution >= 0.6 is 23.1 Å². The minimum Gasteiger partial charge on any atom is -0.481 e. The van der Waals surface area contributed by atoms with Crippen LogP contribution in [0.1, 0.15) is 10.6 Å². The molecule has 0 amide bonds. The summed E-state index contributed by atoms with van der Waals surface area (Å²) in [7, 11) is 0. The van der Waals surface area contributed by atoms with Crippen molar-refractivity contribution in [1.82, 2.24) is 15.0 Å². The van der Waals surface area contributed by atoms with Gasteiger partial charge in [-0.25, -0.2) is 15.0 Å². The van der Waals surface area contributed by atoms with Gasteiger partial charge in [0.05, 0.1) is 12.1 Å². The summed E-state index contributed by atoms with van der Waals surface area (Å²) in [5.41, 5.74) is 0.772. The molecule has 2 heterocycles. The number of aliphatic carboxylic acids is 1. The fourth-order valence-corrected chi connectivity index (χ4v) is 3.27. The van der Waals surface area contributed by atoms with Crippen molar-refractivity contribution in [3.05, 3.63) is 29.2 Å². The fraction of sp³-hybridized carbons (Fsp3) is 0.200. The van der Waals surface area contributed by atoms with Crippen molar-refractivity contribution in [3.63, 3.8) is 0 Å². The molecule has 0 bridgehead atoms. The van der Waals surface area contributed by atoms with E-state index >= 15 is 0 Å². The summed E-state index contributed by atoms with van der Waals surface area (Å²) in [6, 6.07) is 1.79. The summed E-state index contributed by atoms with van der Waals surface area (Å²) in [4.78, 5) is 23.6. The van der Waals surface area contributed by atoms with Crippen molar-refractivity contribution in [2.75, 3.05) is 0 Å². The number of carboxylic acid groups (broad SMARTS) is 1. The second-order valence-electron chi connectivity index (χ2n) is 3.21. The number of hydrogen-bond donors (Lipinski definition) is 1. The quantitative estimate of drug-likeness (QED) is 0.854. The first-order valence-electron chi connectivity index (χ1n) is 4.77. The first kappa shape index (κ1) is 12.0. The number of aryl methyl sites for hydroxylation is 1. The Morgan fingerprint density at radius 1 is 1.59 bits per heavy atom. The Balaban J connectivity index is 2.15. The molecule has 7 heteroatoms. The summed E-state index contributed by atoms with van der Waals surface area (Å²) in [5.74, 6) is -0.838. The molecular formula is C10H9N3O2S2. The zero-order chi connectivity index (χ0) is 12.3. The Kier molecular flexibility index (Phi) is 3.70. The van der Waals surface area contributed by atoms with E-state index in [1.54, 1.807) is 12.3 Å². The maximum atomic E-state index is 10.6. The van der Waals surface area contributed by atoms with Gasteiger partial charge in [-0.05, 0) is 24.8 Å². The van der Waals surface area contributed by atoms with Gasteiger partial charge >= 0.3 is 5.97 Å². The second-order valence-corrected chi connectivity index (χ2v) is 5.56. The molecule has 5 nitrogen and oxygen atoms in total. The van der Waals surface area contributed by atoms with Gasteiger partial charge in [-0.15, -0.1) is 11.3 Å². The highest BCUT2D eigenvalue weighted by molar-refractivity contribution is 8.01. The smallest absolute Gasteiger partial charge is 0.308 e. The molecule has 0 unspecified atom stereocenters. The van der Waals surface area contributed by atoms with E-state index in [1.165, 1.54) is 29.4 Å². The van der Waals surface area contributed by atoms with Crippen LogP contribution in [-0.4, -0.2) is 26.0 Å². The molecular weight excluding hydrogens is 258 g/mol. The van der Waals surface area contributed by atoms with Gasteiger partial charge in [0, 0.05) is 11.1 Å². The highest BCUT2D eigenvalue weighted by Crippen LogP contribution is 2.31. The van der Waals surface area contributed by atoms with Gasteiger partial charge in [0.15, 0.2) is 4.34 Å². The van der Waals surface area contributed by atoms with E-state index in [-0.39, 0.29) is 6.42 Å². The topological polar surface area (TPSA) is 76.0 Å². The molecule has 88 valence electrons. The number of hydrogen-bond acceptors (Lipinski definition) is 6. The predicted molar refractivity (Wildman–Crippen MR) is 64.3 cm³/mol. The second kappa shape index (κ2) is 5.24. The van der Waals surface area contributed by atoms with Crippen LogP contribution in [0.15, 0.2) is 28.0 Å². The number of aromatic nitrogens is 3. The van der Waals surface area contributed by atoms with Crippen LogP contribution in [0.2, 0.25) is 0 Å². The predicted octanol–water partition coefficient (Wildman–Crippen LogP) is 2.02. The van der Waals surface area contributed by atoms with Gasteiger partial charge in [0.1, 0.15) is 11.4 Å². The number of carboxylic acids is 1. The number of carbonyl (C=O) groups is 1. The molecule has 1 N–H and O–H groups in total. The van der Waals surface area contributed by atoms with E-state index in [0.29, 0.717) is 0 Å². The molecule has 2 rings (SSSR count). The van der Waals surface area contributed by atoms with Gasteiger partial charge in [-0.3, -0.25) is 4.79 Å². The van der Waals surface area contributed by atoms with Gasteiger partial charge < -0.3 is 5.11 Å². The molecule has 0 spiro atoms. The molecule has 0 aliphatic rings. The summed E-state index contributed by atoms with van der Waals surface area (Å²) in [6.45, 7) is 1.82. The minimum absolute atomic E-state index is 0.0217. The average molecular weight is 267 g/mol. The Labute approximate surface area is 106 Å². The van der Waals surface area contributed by atoms with Gasteiger partial charge in [0.25, 0.3) is 0 Å². The van der Waals surface area contributed by atoms with Crippen molar-refractivity contribution >= 4 is 29.1 Å². The lowest BCUT2D eigenvalue weighted by atomic mass is 10.3. The Morgan fingerprint density at radius 3 is 3.06 bits per heavy atom. The third-order valence-corrected chi connectivity index (χ3v) is 4.10. The summed E-state index contributed by atoms with van der Waals surface area (Å²) in [5, 5.41) is 9.54. The van der Waals surface area contributed by atoms with Crippen LogP contribution in [0.5, 0.6) is 0 Å². The lowest BCUT2D eigenvalue weighted by Crippen LogP contribution is -1.99. The van der Waals surface area contributed by atoms with E-state index in [9.17, 15) is 4.79 Å². The van der Waals surface area contributed by atoms with Crippen LogP contribution < -0.4 is 0 Å². The monoisotopic (exact) mass is 267 g/mol. The van der Waals surface area contributed by atoms with Crippen LogP contribution in [0.4, 0.5) is 0 Å². The zero-order valence-electron chi connectivity index (χ0n) is 8.95. The van der Waals surface area contributed by atoms with Crippen LogP contribution in [0.3, 0.4) is 0 Å². The average Bonchev–Trinajstić information content (AvgIpc) is 2.59. The summed E-state index contributed by atoms with van der Waals surface area (Å²) < 4.78 is 0.803. The maximum absolute atomic E-state index is 10.6. The Morgan fingerprint density at radius 2 is 2.41 bits per heavy atom. The fourth-order valence-electron chi connectivity index (χ4n) is 1.17. The molecule has 0 aromatic carbocycles. The van der Waals surface area contributed by atoms with Crippen molar-refractivity contribution in [2.45, 2.75) is 22.7 Å². The van der Waals surface area contributed by atoms with E-state index in [0.717, 1.165) is 19.9 Å². The van der Waals surface area contributed by atoms with E-state index in [2.05, 4.69) is 15.0 Å². The molecule has 0 atom stereocenters. The lowest BCUT2D eigenvalue weighted by molar-refractivity contribution is -0.136. The molecule has 0 fully saturated rings. The van der Waals surface area contributed by atoms with Crippen LogP contribution in [0, 0.1) is 6.92 Å². The maximum Gasteiger partial charge on any atom is 0.308 e. The minimum atomic E-state index is -0.838. The largest absolute Gasteiger partial charge is 0.481 e. The standard InChI is InChI=1S/C10H9N3O2S2/c1-6-7(4-9(14)15)16-10(13-6)17-8-2-3-11-5-12-8/h2-3,5H,4H2,1H3,(H,14,15). The molecule has 0 saturated carbocycles. The van der Waals surface area contributed by atoms with Crippen molar-refractivity contribution in [3.8, 4) is 0 Å². The van der Waals surface area contributed by atoms with Crippen LogP contribution in [-0.2, 0) is 11.2 Å². The molecule has 17 heavy (non-hydrogen) atoms. The number of nitrogens with zero attached hydrogens (tertiary/aromatic N) is 3. The first-order valence-corrected chi connectivity index (χ1v) is 6.40. The zero-order valence-corrected chi connectivity index (χ0v) is 10.6. The normalized spacial score (nSPS) is 10.4. The SMILES string of the molecule is Cc1nc(Sc2ccncn2)sc1CC(=O)O. The van der Waals surface area contributed by atoms with E-state index in [4.69, 9.17) is 5.11 Å². The third kappa shape index (κ3) is 3.24. The van der Waals surface area contributed by atoms with Crippen molar-refractivity contribution in [2.24, 2.45) is 0 Å². The van der Waals surface area contributed by atoms with Gasteiger partial charge in [-0.1, -0.05) is 0 Å². The molecule has 0 saturated heterocycles. The highest BCUT2D eigenvalue weighted by Gasteiger charge is 2.12. The Hall–Kier alpha value is -1.47.